The molecule has 1 unspecified atom stereocenters. The van der Waals surface area contributed by atoms with Crippen molar-refractivity contribution in [1.29, 1.82) is 0 Å². The van der Waals surface area contributed by atoms with Gasteiger partial charge in [-0.05, 0) is 37.1 Å². The molecular weight excluding hydrogens is 394 g/mol. The van der Waals surface area contributed by atoms with Crippen LogP contribution in [0.3, 0.4) is 0 Å². The zero-order valence-electron chi connectivity index (χ0n) is 22.2. The Morgan fingerprint density at radius 3 is 2.32 bits per heavy atom. The maximum absolute atomic E-state index is 12.8. The molecule has 2 aromatic rings. The standard InChI is InChI=1S/C24H33N3O4/c1-18-7-6-8-19(2)24(18)25-23(29)16-27-13-11-26(12-14-27)15-20(28)17-31-22-10-5-4-9-21(22)30-3/h4-10,20,28H,11-17H2,1-3H3,(H,25,29)/i16D2,17D2. The minimum Gasteiger partial charge on any atom is -0.493 e. The molecule has 3 rings (SSSR count). The van der Waals surface area contributed by atoms with Gasteiger partial charge in [-0.2, -0.15) is 0 Å². The van der Waals surface area contributed by atoms with Crippen LogP contribution in [0.4, 0.5) is 5.69 Å². The number of rotatable bonds is 9. The molecule has 1 heterocycles. The smallest absolute Gasteiger partial charge is 0.238 e. The van der Waals surface area contributed by atoms with E-state index in [9.17, 15) is 9.90 Å². The van der Waals surface area contributed by atoms with E-state index < -0.39 is 25.1 Å². The Hall–Kier alpha value is -2.61. The molecule has 0 bridgehead atoms. The van der Waals surface area contributed by atoms with Crippen molar-refractivity contribution >= 4 is 11.6 Å². The number of hydrogen-bond acceptors (Lipinski definition) is 6. The number of nitrogens with one attached hydrogen (secondary N) is 1. The van der Waals surface area contributed by atoms with E-state index in [4.69, 9.17) is 15.0 Å². The van der Waals surface area contributed by atoms with Crippen molar-refractivity contribution < 1.29 is 24.9 Å². The van der Waals surface area contributed by atoms with Crippen LogP contribution in [-0.4, -0.2) is 79.8 Å². The summed E-state index contributed by atoms with van der Waals surface area (Å²) in [5.74, 6) is -0.185. The number of aliphatic hydroxyl groups is 1. The molecule has 1 amide bonds. The lowest BCUT2D eigenvalue weighted by molar-refractivity contribution is -0.117. The maximum Gasteiger partial charge on any atom is 0.238 e. The highest BCUT2D eigenvalue weighted by atomic mass is 16.5. The molecule has 0 spiro atoms. The number of benzene rings is 2. The molecule has 31 heavy (non-hydrogen) atoms. The zero-order chi connectivity index (χ0) is 25.8. The zero-order valence-corrected chi connectivity index (χ0v) is 18.2. The molecule has 1 aliphatic rings. The highest BCUT2D eigenvalue weighted by molar-refractivity contribution is 5.93. The molecule has 1 saturated heterocycles. The Kier molecular flexibility index (Phi) is 6.47. The molecule has 1 atom stereocenters. The molecule has 2 aromatic carbocycles. The summed E-state index contributed by atoms with van der Waals surface area (Å²) in [6, 6.07) is 12.2. The fourth-order valence-corrected chi connectivity index (χ4v) is 3.46. The van der Waals surface area contributed by atoms with Gasteiger partial charge in [0.1, 0.15) is 12.7 Å². The van der Waals surface area contributed by atoms with Gasteiger partial charge in [0.25, 0.3) is 0 Å². The molecular formula is C24H33N3O4. The number of amides is 1. The van der Waals surface area contributed by atoms with Crippen LogP contribution in [0.15, 0.2) is 42.5 Å². The van der Waals surface area contributed by atoms with Gasteiger partial charge in [0.15, 0.2) is 11.5 Å². The van der Waals surface area contributed by atoms with Gasteiger partial charge in [0, 0.05) is 38.4 Å². The SMILES string of the molecule is [2H]C([2H])(Oc1ccccc1OC)C(O)CN1CCN(C([2H])([2H])C(=O)Nc2c(C)cccc2C)CC1. The maximum atomic E-state index is 12.8. The van der Waals surface area contributed by atoms with Crippen LogP contribution in [-0.2, 0) is 4.79 Å². The summed E-state index contributed by atoms with van der Waals surface area (Å²) >= 11 is 0. The highest BCUT2D eigenvalue weighted by Gasteiger charge is 2.21. The quantitative estimate of drug-likeness (QED) is 0.635. The number of β-amino-alcohol motifs (C(OH)–C–C–N with tert-alkyl or cyclic N) is 1. The summed E-state index contributed by atoms with van der Waals surface area (Å²) in [5, 5.41) is 13.3. The van der Waals surface area contributed by atoms with E-state index in [-0.39, 0.29) is 25.4 Å². The van der Waals surface area contributed by atoms with Crippen LogP contribution < -0.4 is 14.8 Å². The summed E-state index contributed by atoms with van der Waals surface area (Å²) in [6.07, 6.45) is -1.46. The van der Waals surface area contributed by atoms with Crippen LogP contribution in [0.2, 0.25) is 0 Å². The average Bonchev–Trinajstić information content (AvgIpc) is 2.81. The van der Waals surface area contributed by atoms with Gasteiger partial charge in [0.2, 0.25) is 5.91 Å². The Morgan fingerprint density at radius 1 is 1.06 bits per heavy atom. The fraction of sp³-hybridized carbons (Fsp3) is 0.458. The number of methoxy groups -OCH3 is 1. The first kappa shape index (κ1) is 18.0. The van der Waals surface area contributed by atoms with E-state index >= 15 is 0 Å². The van der Waals surface area contributed by atoms with E-state index in [1.165, 1.54) is 12.0 Å². The molecule has 1 fully saturated rings. The molecule has 7 heteroatoms. The van der Waals surface area contributed by atoms with E-state index in [0.29, 0.717) is 24.5 Å². The first-order valence-electron chi connectivity index (χ1n) is 12.3. The van der Waals surface area contributed by atoms with Gasteiger partial charge in [-0.1, -0.05) is 30.3 Å². The first-order chi connectivity index (χ1) is 16.5. The van der Waals surface area contributed by atoms with E-state index in [1.54, 1.807) is 24.3 Å². The van der Waals surface area contributed by atoms with Gasteiger partial charge < -0.3 is 19.9 Å². The Balaban J connectivity index is 1.56. The van der Waals surface area contributed by atoms with Gasteiger partial charge in [0.05, 0.1) is 19.1 Å². The third kappa shape index (κ3) is 6.69. The molecule has 0 aliphatic carbocycles. The topological polar surface area (TPSA) is 74.3 Å². The Morgan fingerprint density at radius 2 is 1.68 bits per heavy atom. The van der Waals surface area contributed by atoms with Crippen molar-refractivity contribution in [1.82, 2.24) is 9.80 Å². The molecule has 0 radical (unpaired) electrons. The van der Waals surface area contributed by atoms with Crippen LogP contribution in [0.1, 0.15) is 16.6 Å². The Bertz CT molecular complexity index is 1010. The summed E-state index contributed by atoms with van der Waals surface area (Å²) in [6.45, 7) is 0.333. The minimum absolute atomic E-state index is 0.00636. The predicted molar refractivity (Wildman–Crippen MR) is 122 cm³/mol. The van der Waals surface area contributed by atoms with Crippen LogP contribution in [0.5, 0.6) is 11.5 Å². The summed E-state index contributed by atoms with van der Waals surface area (Å²) < 4.78 is 43.8. The summed E-state index contributed by atoms with van der Waals surface area (Å²) in [7, 11) is 1.45. The second-order valence-electron chi connectivity index (χ2n) is 7.51. The van der Waals surface area contributed by atoms with E-state index in [0.717, 1.165) is 11.1 Å². The number of nitrogens with zero attached hydrogens (tertiary/aromatic N) is 2. The number of carbonyl (C=O) groups excluding carboxylic acids is 1. The molecule has 2 N–H and O–H groups in total. The van der Waals surface area contributed by atoms with Crippen LogP contribution >= 0.6 is 0 Å². The predicted octanol–water partition coefficient (Wildman–Crippen LogP) is 2.31. The second kappa shape index (κ2) is 11.1. The second-order valence-corrected chi connectivity index (χ2v) is 7.51. The normalized spacial score (nSPS) is 18.8. The van der Waals surface area contributed by atoms with Crippen molar-refractivity contribution in [3.8, 4) is 11.5 Å². The van der Waals surface area contributed by atoms with Crippen molar-refractivity contribution in [3.63, 3.8) is 0 Å². The molecule has 0 aromatic heterocycles. The van der Waals surface area contributed by atoms with Gasteiger partial charge >= 0.3 is 0 Å². The van der Waals surface area contributed by atoms with E-state index in [2.05, 4.69) is 5.32 Å². The Labute approximate surface area is 190 Å². The average molecular weight is 432 g/mol. The molecule has 1 aliphatic heterocycles. The van der Waals surface area contributed by atoms with Crippen LogP contribution in [0.25, 0.3) is 0 Å². The lowest BCUT2D eigenvalue weighted by atomic mass is 10.1. The number of carbonyl (C=O) groups is 1. The third-order valence-electron chi connectivity index (χ3n) is 5.16. The van der Waals surface area contributed by atoms with Crippen LogP contribution in [0, 0.1) is 13.8 Å². The monoisotopic (exact) mass is 431 g/mol. The lowest BCUT2D eigenvalue weighted by Crippen LogP contribution is -2.50. The summed E-state index contributed by atoms with van der Waals surface area (Å²) in [5.41, 5.74) is 2.33. The number of hydrogen-bond donors (Lipinski definition) is 2. The molecule has 168 valence electrons. The number of para-hydroxylation sites is 3. The third-order valence-corrected chi connectivity index (χ3v) is 5.16. The van der Waals surface area contributed by atoms with Crippen molar-refractivity contribution in [2.75, 3.05) is 58.2 Å². The fourth-order valence-electron chi connectivity index (χ4n) is 3.46. The summed E-state index contributed by atoms with van der Waals surface area (Å²) in [4.78, 5) is 16.1. The van der Waals surface area contributed by atoms with Crippen molar-refractivity contribution in [3.05, 3.63) is 53.6 Å². The lowest BCUT2D eigenvalue weighted by Gasteiger charge is -2.35. The number of anilines is 1. The van der Waals surface area contributed by atoms with Gasteiger partial charge in [-0.15, -0.1) is 0 Å². The number of ether oxygens (including phenoxy) is 2. The van der Waals surface area contributed by atoms with E-state index in [1.807, 2.05) is 36.9 Å². The van der Waals surface area contributed by atoms with Crippen molar-refractivity contribution in [2.45, 2.75) is 20.0 Å². The van der Waals surface area contributed by atoms with Gasteiger partial charge in [-0.25, -0.2) is 0 Å². The number of piperazine rings is 1. The number of aliphatic hydroxyl groups excluding tert-OH is 1. The number of aryl methyl sites for hydroxylation is 2. The molecule has 0 saturated carbocycles. The minimum atomic E-state index is -2.37. The van der Waals surface area contributed by atoms with Gasteiger partial charge in [-0.3, -0.25) is 14.6 Å². The molecule has 7 nitrogen and oxygen atoms in total. The van der Waals surface area contributed by atoms with Crippen molar-refractivity contribution in [2.24, 2.45) is 0 Å². The largest absolute Gasteiger partial charge is 0.493 e. The first-order valence-corrected chi connectivity index (χ1v) is 10.3. The highest BCUT2D eigenvalue weighted by Crippen LogP contribution is 2.25.